The Bertz CT molecular complexity index is 3460. The number of aromatic carboxylic acids is 1. The first-order valence-corrected chi connectivity index (χ1v) is 39.9. The molecule has 6 aromatic rings. The first-order valence-electron chi connectivity index (χ1n) is 38.8. The number of fused-ring (bicyclic) bond motifs is 2. The number of ether oxygens (including phenoxy) is 9. The van der Waals surface area contributed by atoms with Crippen LogP contribution in [-0.4, -0.2) is 128 Å². The summed E-state index contributed by atoms with van der Waals surface area (Å²) in [6, 6.07) is 46.1. The second kappa shape index (κ2) is 45.1. The van der Waals surface area contributed by atoms with Crippen LogP contribution in [0, 0.1) is 11.8 Å². The number of aliphatic hydroxyl groups is 1. The lowest BCUT2D eigenvalue weighted by Crippen LogP contribution is -2.36. The van der Waals surface area contributed by atoms with Crippen molar-refractivity contribution in [2.45, 2.75) is 250 Å². The van der Waals surface area contributed by atoms with E-state index in [4.69, 9.17) is 70.9 Å². The van der Waals surface area contributed by atoms with E-state index in [1.807, 2.05) is 97.1 Å². The average Bonchev–Trinajstić information content (AvgIpc) is 1.65. The van der Waals surface area contributed by atoms with E-state index >= 15 is 0 Å². The molecule has 2 aliphatic carbocycles. The maximum atomic E-state index is 13.1. The van der Waals surface area contributed by atoms with E-state index < -0.39 is 66.7 Å². The van der Waals surface area contributed by atoms with Gasteiger partial charge in [0.25, 0.3) is 0 Å². The summed E-state index contributed by atoms with van der Waals surface area (Å²) in [6.45, 7) is 11.2. The Morgan fingerprint density at radius 1 is 0.381 bits per heavy atom. The predicted molar refractivity (Wildman–Crippen MR) is 416 cm³/mol. The summed E-state index contributed by atoms with van der Waals surface area (Å²) >= 11 is 9.53. The van der Waals surface area contributed by atoms with Gasteiger partial charge in [-0.2, -0.15) is 0 Å². The third kappa shape index (κ3) is 25.7. The average molecular weight is 1480 g/mol. The second-order valence-corrected chi connectivity index (χ2v) is 29.5. The predicted octanol–water partition coefficient (Wildman–Crippen LogP) is 21.0. The van der Waals surface area contributed by atoms with Gasteiger partial charge in [-0.15, -0.1) is 23.2 Å². The summed E-state index contributed by atoms with van der Waals surface area (Å²) < 4.78 is 51.8. The van der Waals surface area contributed by atoms with Gasteiger partial charge in [-0.3, -0.25) is 0 Å². The van der Waals surface area contributed by atoms with Gasteiger partial charge in [-0.25, -0.2) is 19.2 Å². The second-order valence-electron chi connectivity index (χ2n) is 28.7. The first-order chi connectivity index (χ1) is 50.8. The van der Waals surface area contributed by atoms with Crippen LogP contribution in [0.3, 0.4) is 0 Å². The molecule has 0 bridgehead atoms. The van der Waals surface area contributed by atoms with Crippen LogP contribution >= 0.6 is 23.2 Å². The lowest BCUT2D eigenvalue weighted by Gasteiger charge is -2.29. The minimum absolute atomic E-state index is 0. The van der Waals surface area contributed by atoms with E-state index in [9.17, 15) is 24.3 Å². The highest BCUT2D eigenvalue weighted by molar-refractivity contribution is 6.40. The summed E-state index contributed by atoms with van der Waals surface area (Å²) in [5.74, 6) is 2.66. The number of aliphatic hydroxyl groups excluding tert-OH is 1. The molecule has 0 spiro atoms. The molecule has 0 aromatic heterocycles. The van der Waals surface area contributed by atoms with Crippen molar-refractivity contribution in [1.82, 2.24) is 0 Å². The highest BCUT2D eigenvalue weighted by Gasteiger charge is 2.52. The Hall–Kier alpha value is -6.82. The Morgan fingerprint density at radius 2 is 0.676 bits per heavy atom. The van der Waals surface area contributed by atoms with Gasteiger partial charge >= 0.3 is 23.9 Å². The Balaban J connectivity index is 0.000000215. The van der Waals surface area contributed by atoms with Gasteiger partial charge < -0.3 is 52.8 Å². The lowest BCUT2D eigenvalue weighted by molar-refractivity contribution is -0.0287. The molecule has 6 aliphatic rings. The number of carbonyl (C=O) groups is 4. The maximum absolute atomic E-state index is 13.1. The molecule has 2 saturated carbocycles. The zero-order chi connectivity index (χ0) is 73.4. The van der Waals surface area contributed by atoms with Crippen molar-refractivity contribution in [3.8, 4) is 33.8 Å². The summed E-state index contributed by atoms with van der Waals surface area (Å²) in [5, 5.41) is 18.9. The number of carbonyl (C=O) groups excluding carboxylic acids is 3. The fourth-order valence-electron chi connectivity index (χ4n) is 15.0. The Morgan fingerprint density at radius 3 is 1.02 bits per heavy atom. The molecule has 0 unspecified atom stereocenters. The van der Waals surface area contributed by atoms with E-state index in [-0.39, 0.29) is 45.2 Å². The van der Waals surface area contributed by atoms with Gasteiger partial charge in [0, 0.05) is 0 Å². The molecule has 6 aromatic carbocycles. The zero-order valence-electron chi connectivity index (χ0n) is 61.7. The number of alkyl halides is 2. The number of carboxylic acids is 1. The minimum Gasteiger partial charge on any atom is -0.494 e. The number of benzene rings is 6. The van der Waals surface area contributed by atoms with Crippen LogP contribution < -0.4 is 9.47 Å². The van der Waals surface area contributed by atoms with E-state index in [0.29, 0.717) is 34.1 Å². The molecule has 6 fully saturated rings. The third-order valence-electron chi connectivity index (χ3n) is 21.2. The molecule has 15 nitrogen and oxygen atoms in total. The van der Waals surface area contributed by atoms with Gasteiger partial charge in [0.15, 0.2) is 18.3 Å². The summed E-state index contributed by atoms with van der Waals surface area (Å²) in [5.41, 5.74) is 8.58. The topological polar surface area (TPSA) is 192 Å². The van der Waals surface area contributed by atoms with E-state index in [1.54, 1.807) is 36.4 Å². The number of halogens is 2. The molecule has 8 atom stereocenters. The van der Waals surface area contributed by atoms with Gasteiger partial charge in [0.1, 0.15) is 42.0 Å². The molecule has 2 N–H and O–H groups in total. The monoisotopic (exact) mass is 1480 g/mol. The molecule has 4 heterocycles. The quantitative estimate of drug-likeness (QED) is 0.0181. The first kappa shape index (κ1) is 83.8. The van der Waals surface area contributed by atoms with Crippen molar-refractivity contribution in [3.63, 3.8) is 0 Å². The van der Waals surface area contributed by atoms with Crippen molar-refractivity contribution in [3.05, 3.63) is 179 Å². The van der Waals surface area contributed by atoms with Crippen molar-refractivity contribution in [2.24, 2.45) is 11.8 Å². The molecule has 0 amide bonds. The van der Waals surface area contributed by atoms with Gasteiger partial charge in [0.05, 0.1) is 67.2 Å². The molecular weight excluding hydrogens is 1370 g/mol. The highest BCUT2D eigenvalue weighted by Crippen LogP contribution is 2.40. The zero-order valence-corrected chi connectivity index (χ0v) is 63.2. The summed E-state index contributed by atoms with van der Waals surface area (Å²) in [6.07, 6.45) is 26.5. The molecule has 4 saturated heterocycles. The van der Waals surface area contributed by atoms with Crippen LogP contribution in [0.2, 0.25) is 0 Å². The Labute approximate surface area is 635 Å². The van der Waals surface area contributed by atoms with Crippen LogP contribution in [0.15, 0.2) is 146 Å². The minimum atomic E-state index is -0.837. The third-order valence-corrected chi connectivity index (χ3v) is 21.2. The normalized spacial score (nSPS) is 23.4. The number of unbranched alkanes of at least 4 members (excludes halogenated alkanes) is 10. The molecule has 572 valence electrons. The van der Waals surface area contributed by atoms with Crippen LogP contribution in [0.1, 0.15) is 254 Å². The van der Waals surface area contributed by atoms with Crippen molar-refractivity contribution in [1.29, 1.82) is 0 Å². The molecule has 17 heteroatoms. The van der Waals surface area contributed by atoms with Crippen LogP contribution in [0.25, 0.3) is 22.3 Å². The SMILES string of the molecule is C.CCCCCC1CCC(c2ccc(C(=O)O)cc2)CC1.CCCCCCOc1ccc(-c2ccc(C(=O)O[C@@H]3CO[C@@H]4[C@H]3OC[C@@H]4OC(=O)c3ccc(C4CCC(CCCCC)CC4)cc3)cc2)cc1.CCCCCCOc1ccc(-c2ccc(C(=O)O[C@@H]3CO[C@H]4[C@@H]3OC[C@@H]4O)cc2)cc1.ClCCl. The highest BCUT2D eigenvalue weighted by atomic mass is 35.5. The van der Waals surface area contributed by atoms with Crippen LogP contribution in [0.5, 0.6) is 11.5 Å². The van der Waals surface area contributed by atoms with Crippen molar-refractivity contribution in [2.75, 3.05) is 45.0 Å². The number of hydrogen-bond donors (Lipinski definition) is 2. The van der Waals surface area contributed by atoms with Crippen molar-refractivity contribution >= 4 is 47.1 Å². The van der Waals surface area contributed by atoms with E-state index in [1.165, 1.54) is 152 Å². The lowest BCUT2D eigenvalue weighted by atomic mass is 9.77. The fraction of sp³-hybridized carbons (Fsp3) is 0.545. The molecule has 12 rings (SSSR count). The van der Waals surface area contributed by atoms with Crippen LogP contribution in [0.4, 0.5) is 0 Å². The van der Waals surface area contributed by atoms with Crippen molar-refractivity contribution < 1.29 is 72.0 Å². The standard InChI is InChI=1S/C43H54O7.C25H30O6.C18H26O2.CH2Cl2.CH4/c1-3-5-7-9-27-46-37-25-23-34(24-26-37)33-17-21-36(22-18-33)43(45)50-39-29-48-40-38(28-47-41(39)40)49-42(44)35-19-15-32(16-20-35)31-13-11-30(12-14-31)10-8-6-4-2;1-2-3-4-5-14-28-20-12-10-18(11-13-20)17-6-8-19(9-7-17)25(27)31-22-16-30-23-21(26)15-29-24(22)23;1-2-3-4-5-14-6-8-15(9-7-14)16-10-12-17(13-11-16)18(19)20;2-1-3;/h15-26,30-31,38-41H,3-14,27-29H2,1-2H3;6-13,21-24,26H,2-5,14-16H2,1H3;10-15H,2-9H2,1H3,(H,19,20);1H2;1H4/t30?,31?,38-,39+,40-,41-;21-,22+,23+,24+;;;/m00.../s1. The number of hydrogen-bond acceptors (Lipinski definition) is 14. The summed E-state index contributed by atoms with van der Waals surface area (Å²) in [7, 11) is 0. The van der Waals surface area contributed by atoms with Gasteiger partial charge in [-0.05, 0) is 194 Å². The number of carboxylic acid groups (broad SMARTS) is 1. The number of esters is 3. The smallest absolute Gasteiger partial charge is 0.338 e. The van der Waals surface area contributed by atoms with Gasteiger partial charge in [0.2, 0.25) is 0 Å². The number of rotatable bonds is 31. The van der Waals surface area contributed by atoms with Crippen LogP contribution in [-0.2, 0) is 33.2 Å². The Kier molecular flexibility index (Phi) is 36.0. The van der Waals surface area contributed by atoms with Gasteiger partial charge in [-0.1, -0.05) is 198 Å². The molecule has 0 radical (unpaired) electrons. The molecule has 4 aliphatic heterocycles. The van der Waals surface area contributed by atoms with E-state index in [2.05, 4.69) is 39.8 Å². The molecular formula is C88H116Cl2O15. The maximum Gasteiger partial charge on any atom is 0.338 e. The molecule has 105 heavy (non-hydrogen) atoms. The van der Waals surface area contributed by atoms with E-state index in [0.717, 1.165) is 71.6 Å². The summed E-state index contributed by atoms with van der Waals surface area (Å²) in [4.78, 5) is 49.5. The largest absolute Gasteiger partial charge is 0.494 e. The fourth-order valence-corrected chi connectivity index (χ4v) is 15.0.